The molecule has 3 amide bonds. The van der Waals surface area contributed by atoms with Gasteiger partial charge in [-0.25, -0.2) is 4.90 Å². The van der Waals surface area contributed by atoms with E-state index in [-0.39, 0.29) is 41.2 Å². The van der Waals surface area contributed by atoms with Crippen molar-refractivity contribution in [2.24, 2.45) is 23.7 Å². The number of non-ortho nitro benzene ring substituents is 1. The number of allylic oxidation sites excluding steroid dienone is 2. The van der Waals surface area contributed by atoms with Crippen LogP contribution in [0.5, 0.6) is 0 Å². The monoisotopic (exact) mass is 474 g/mol. The van der Waals surface area contributed by atoms with Crippen LogP contribution in [0.15, 0.2) is 60.7 Å². The van der Waals surface area contributed by atoms with Gasteiger partial charge in [-0.2, -0.15) is 0 Å². The van der Waals surface area contributed by atoms with Crippen LogP contribution in [0.2, 0.25) is 0 Å². The number of nitro benzene ring substituents is 2. The predicted octanol–water partition coefficient (Wildman–Crippen LogP) is 3.47. The molecular formula is C24H18N4O7. The van der Waals surface area contributed by atoms with Crippen LogP contribution in [0.4, 0.5) is 22.7 Å². The van der Waals surface area contributed by atoms with Crippen molar-refractivity contribution >= 4 is 46.5 Å². The number of benzene rings is 2. The summed E-state index contributed by atoms with van der Waals surface area (Å²) in [6.07, 6.45) is 7.45. The summed E-state index contributed by atoms with van der Waals surface area (Å²) in [5, 5.41) is 24.4. The third-order valence-corrected chi connectivity index (χ3v) is 6.67. The molecule has 0 spiro atoms. The minimum atomic E-state index is -0.822. The summed E-state index contributed by atoms with van der Waals surface area (Å²) in [6.45, 7) is 0. The van der Waals surface area contributed by atoms with Gasteiger partial charge in [-0.15, -0.1) is 0 Å². The van der Waals surface area contributed by atoms with Crippen LogP contribution in [-0.4, -0.2) is 27.6 Å². The van der Waals surface area contributed by atoms with Crippen LogP contribution in [0.25, 0.3) is 6.08 Å². The molecular weight excluding hydrogens is 456 g/mol. The van der Waals surface area contributed by atoms with Gasteiger partial charge in [0.1, 0.15) is 5.69 Å². The van der Waals surface area contributed by atoms with Gasteiger partial charge in [0.05, 0.1) is 33.4 Å². The highest BCUT2D eigenvalue weighted by atomic mass is 16.6. The molecule has 11 heteroatoms. The number of nitro groups is 2. The van der Waals surface area contributed by atoms with Gasteiger partial charge in [-0.05, 0) is 48.1 Å². The number of amides is 3. The van der Waals surface area contributed by atoms with Crippen LogP contribution in [-0.2, 0) is 14.4 Å². The molecule has 5 rings (SSSR count). The zero-order valence-electron chi connectivity index (χ0n) is 18.1. The first-order valence-electron chi connectivity index (χ1n) is 10.8. The molecule has 0 radical (unpaired) electrons. The van der Waals surface area contributed by atoms with Crippen molar-refractivity contribution in [3.8, 4) is 0 Å². The Bertz CT molecular complexity index is 1340. The van der Waals surface area contributed by atoms with Crippen molar-refractivity contribution in [2.75, 3.05) is 10.2 Å². The van der Waals surface area contributed by atoms with E-state index in [9.17, 15) is 34.6 Å². The van der Waals surface area contributed by atoms with E-state index in [2.05, 4.69) is 5.32 Å². The Kier molecular flexibility index (Phi) is 5.24. The Morgan fingerprint density at radius 2 is 1.66 bits per heavy atom. The third kappa shape index (κ3) is 3.76. The number of carbonyl (C=O) groups excluding carboxylic acids is 3. The van der Waals surface area contributed by atoms with Crippen molar-refractivity contribution < 1.29 is 24.2 Å². The van der Waals surface area contributed by atoms with E-state index in [1.807, 2.05) is 12.2 Å². The van der Waals surface area contributed by atoms with Crippen molar-refractivity contribution in [2.45, 2.75) is 6.42 Å². The van der Waals surface area contributed by atoms with Gasteiger partial charge >= 0.3 is 0 Å². The molecule has 2 fully saturated rings. The van der Waals surface area contributed by atoms with Crippen LogP contribution >= 0.6 is 0 Å². The standard InChI is InChI=1S/C24H18N4O7/c29-20(25-18-8-7-17(27(32)33)12-19(18)28(34)35)9-4-13-2-1-3-16(10-13)26-23(30)21-14-5-6-15(11-14)22(21)24(26)31/h1-10,12,14-15,21-22H,11H2,(H,25,29)/b9-4-/t14-,15-,21-,22-/m0/s1. The maximum Gasteiger partial charge on any atom is 0.299 e. The van der Waals surface area contributed by atoms with E-state index in [4.69, 9.17) is 0 Å². The van der Waals surface area contributed by atoms with Crippen molar-refractivity contribution in [1.29, 1.82) is 0 Å². The molecule has 3 aliphatic rings. The number of nitrogens with one attached hydrogen (secondary N) is 1. The Morgan fingerprint density at radius 3 is 2.29 bits per heavy atom. The molecule has 0 unspecified atom stereocenters. The maximum atomic E-state index is 13.0. The SMILES string of the molecule is O=C(/C=C\c1cccc(N2C(=O)[C@@H]3[C@@H](C2=O)[C@H]2C=C[C@H]3C2)c1)Nc1ccc([N+](=O)[O-])cc1[N+](=O)[O-]. The summed E-state index contributed by atoms with van der Waals surface area (Å²) in [6, 6.07) is 9.52. The van der Waals surface area contributed by atoms with Crippen LogP contribution in [0.3, 0.4) is 0 Å². The Balaban J connectivity index is 1.32. The number of hydrogen-bond donors (Lipinski definition) is 1. The molecule has 2 aliphatic carbocycles. The molecule has 0 aromatic heterocycles. The number of hydrogen-bond acceptors (Lipinski definition) is 7. The number of carbonyl (C=O) groups is 3. The third-order valence-electron chi connectivity index (χ3n) is 6.67. The number of nitrogens with zero attached hydrogens (tertiary/aromatic N) is 3. The molecule has 2 bridgehead atoms. The predicted molar refractivity (Wildman–Crippen MR) is 124 cm³/mol. The van der Waals surface area contributed by atoms with Gasteiger partial charge in [-0.1, -0.05) is 24.3 Å². The van der Waals surface area contributed by atoms with Crippen molar-refractivity contribution in [3.05, 3.63) is 86.5 Å². The molecule has 1 heterocycles. The lowest BCUT2D eigenvalue weighted by Gasteiger charge is -2.17. The lowest BCUT2D eigenvalue weighted by Crippen LogP contribution is -2.32. The summed E-state index contributed by atoms with van der Waals surface area (Å²) in [4.78, 5) is 60.1. The first kappa shape index (κ1) is 22.1. The molecule has 2 aromatic rings. The van der Waals surface area contributed by atoms with Gasteiger partial charge in [0.25, 0.3) is 11.4 Å². The second kappa shape index (κ2) is 8.28. The highest BCUT2D eigenvalue weighted by molar-refractivity contribution is 6.23. The highest BCUT2D eigenvalue weighted by Crippen LogP contribution is 2.53. The van der Waals surface area contributed by atoms with E-state index >= 15 is 0 Å². The molecule has 35 heavy (non-hydrogen) atoms. The molecule has 2 aromatic carbocycles. The fourth-order valence-corrected chi connectivity index (χ4v) is 5.16. The van der Waals surface area contributed by atoms with Gasteiger partial charge in [0, 0.05) is 12.1 Å². The normalized spacial score (nSPS) is 24.3. The van der Waals surface area contributed by atoms with E-state index in [0.717, 1.165) is 30.7 Å². The van der Waals surface area contributed by atoms with E-state index < -0.39 is 27.1 Å². The Hall–Kier alpha value is -4.67. The smallest absolute Gasteiger partial charge is 0.299 e. The first-order valence-corrected chi connectivity index (χ1v) is 10.8. The second-order valence-corrected chi connectivity index (χ2v) is 8.65. The summed E-state index contributed by atoms with van der Waals surface area (Å²) in [5.74, 6) is -1.55. The maximum absolute atomic E-state index is 13.0. The number of imide groups is 1. The summed E-state index contributed by atoms with van der Waals surface area (Å²) in [5.41, 5.74) is -0.312. The largest absolute Gasteiger partial charge is 0.317 e. The second-order valence-electron chi connectivity index (χ2n) is 8.65. The molecule has 1 N–H and O–H groups in total. The summed E-state index contributed by atoms with van der Waals surface area (Å²) < 4.78 is 0. The minimum Gasteiger partial charge on any atom is -0.317 e. The van der Waals surface area contributed by atoms with Crippen molar-refractivity contribution in [1.82, 2.24) is 0 Å². The molecule has 4 atom stereocenters. The van der Waals surface area contributed by atoms with Gasteiger partial charge < -0.3 is 5.32 Å². The van der Waals surface area contributed by atoms with Crippen LogP contribution < -0.4 is 10.2 Å². The molecule has 1 saturated heterocycles. The van der Waals surface area contributed by atoms with Gasteiger partial charge in [0.2, 0.25) is 17.7 Å². The highest BCUT2D eigenvalue weighted by Gasteiger charge is 2.59. The average Bonchev–Trinajstić information content (AvgIpc) is 3.51. The zero-order valence-corrected chi connectivity index (χ0v) is 18.1. The molecule has 11 nitrogen and oxygen atoms in total. The number of rotatable bonds is 6. The first-order chi connectivity index (χ1) is 16.7. The van der Waals surface area contributed by atoms with E-state index in [0.29, 0.717) is 11.3 Å². The van der Waals surface area contributed by atoms with Crippen molar-refractivity contribution in [3.63, 3.8) is 0 Å². The molecule has 1 saturated carbocycles. The molecule has 1 aliphatic heterocycles. The Morgan fingerprint density at radius 1 is 0.971 bits per heavy atom. The quantitative estimate of drug-likeness (QED) is 0.221. The fraction of sp³-hybridized carbons (Fsp3) is 0.208. The fourth-order valence-electron chi connectivity index (χ4n) is 5.16. The lowest BCUT2D eigenvalue weighted by molar-refractivity contribution is -0.393. The molecule has 176 valence electrons. The summed E-state index contributed by atoms with van der Waals surface area (Å²) in [7, 11) is 0. The summed E-state index contributed by atoms with van der Waals surface area (Å²) >= 11 is 0. The number of anilines is 2. The van der Waals surface area contributed by atoms with Crippen LogP contribution in [0, 0.1) is 43.9 Å². The minimum absolute atomic E-state index is 0.0988. The zero-order chi connectivity index (χ0) is 24.9. The van der Waals surface area contributed by atoms with Gasteiger partial charge in [0.15, 0.2) is 0 Å². The van der Waals surface area contributed by atoms with E-state index in [1.54, 1.807) is 24.3 Å². The lowest BCUT2D eigenvalue weighted by atomic mass is 9.85. The topological polar surface area (TPSA) is 153 Å². The number of fused-ring (bicyclic) bond motifs is 5. The Labute approximate surface area is 198 Å². The van der Waals surface area contributed by atoms with E-state index in [1.165, 1.54) is 11.0 Å². The van der Waals surface area contributed by atoms with Crippen LogP contribution in [0.1, 0.15) is 12.0 Å². The van der Waals surface area contributed by atoms with Gasteiger partial charge in [-0.3, -0.25) is 34.6 Å². The average molecular weight is 474 g/mol.